The number of carboxylic acids is 1. The third kappa shape index (κ3) is 4.62. The highest BCUT2D eigenvalue weighted by Gasteiger charge is 2.22. The molecule has 3 rings (SSSR count). The van der Waals surface area contributed by atoms with E-state index in [0.717, 1.165) is 0 Å². The van der Waals surface area contributed by atoms with Crippen molar-refractivity contribution in [1.29, 1.82) is 0 Å². The Morgan fingerprint density at radius 2 is 2.11 bits per heavy atom. The average molecular weight is 389 g/mol. The first-order chi connectivity index (χ1) is 13.5. The maximum absolute atomic E-state index is 13.7. The van der Waals surface area contributed by atoms with E-state index in [1.54, 1.807) is 11.9 Å². The summed E-state index contributed by atoms with van der Waals surface area (Å²) in [7, 11) is 1.70. The van der Waals surface area contributed by atoms with Gasteiger partial charge in [-0.05, 0) is 18.2 Å². The fraction of sp³-hybridized carbons (Fsp3) is 0.316. The van der Waals surface area contributed by atoms with Gasteiger partial charge in [0.25, 0.3) is 5.91 Å². The fourth-order valence-corrected chi connectivity index (χ4v) is 2.87. The van der Waals surface area contributed by atoms with Crippen LogP contribution in [-0.4, -0.2) is 61.5 Å². The van der Waals surface area contributed by atoms with Crippen LogP contribution in [0.2, 0.25) is 0 Å². The van der Waals surface area contributed by atoms with E-state index in [4.69, 9.17) is 9.47 Å². The molecule has 2 heterocycles. The molecule has 2 aromatic rings. The summed E-state index contributed by atoms with van der Waals surface area (Å²) < 4.78 is 24.7. The van der Waals surface area contributed by atoms with E-state index in [0.29, 0.717) is 26.4 Å². The zero-order valence-corrected chi connectivity index (χ0v) is 15.2. The Balaban J connectivity index is 1.78. The van der Waals surface area contributed by atoms with Gasteiger partial charge in [-0.3, -0.25) is 4.79 Å². The number of anilines is 2. The Hall–Kier alpha value is -3.04. The summed E-state index contributed by atoms with van der Waals surface area (Å²) in [6, 6.07) is 6.81. The van der Waals surface area contributed by atoms with Crippen LogP contribution in [-0.2, 0) is 9.47 Å². The first kappa shape index (κ1) is 19.7. The van der Waals surface area contributed by atoms with E-state index in [2.05, 4.69) is 10.3 Å². The fourth-order valence-electron chi connectivity index (χ4n) is 2.87. The smallest absolute Gasteiger partial charge is 0.339 e. The molecule has 0 spiro atoms. The monoisotopic (exact) mass is 389 g/mol. The van der Waals surface area contributed by atoms with Crippen molar-refractivity contribution in [3.8, 4) is 0 Å². The van der Waals surface area contributed by atoms with Gasteiger partial charge in [-0.25, -0.2) is 14.2 Å². The van der Waals surface area contributed by atoms with E-state index in [1.165, 1.54) is 36.5 Å². The minimum atomic E-state index is -1.20. The number of ether oxygens (including phenoxy) is 2. The Kier molecular flexibility index (Phi) is 6.17. The molecule has 1 atom stereocenters. The Bertz CT molecular complexity index is 870. The predicted octanol–water partition coefficient (Wildman–Crippen LogP) is 2.02. The van der Waals surface area contributed by atoms with Crippen molar-refractivity contribution in [2.45, 2.75) is 6.10 Å². The number of hydrogen-bond acceptors (Lipinski definition) is 6. The van der Waals surface area contributed by atoms with Crippen LogP contribution in [0.1, 0.15) is 20.7 Å². The number of nitrogens with one attached hydrogen (secondary N) is 1. The maximum atomic E-state index is 13.7. The van der Waals surface area contributed by atoms with Gasteiger partial charge in [-0.15, -0.1) is 0 Å². The van der Waals surface area contributed by atoms with Gasteiger partial charge in [-0.1, -0.05) is 12.1 Å². The Labute approximate surface area is 160 Å². The summed E-state index contributed by atoms with van der Waals surface area (Å²) in [6.45, 7) is 1.84. The van der Waals surface area contributed by atoms with Crippen LogP contribution >= 0.6 is 0 Å². The van der Waals surface area contributed by atoms with Crippen LogP contribution in [0.5, 0.6) is 0 Å². The molecule has 0 aliphatic carbocycles. The SMILES string of the molecule is CN(C[C@@H]1COCCO1)c1ncc(NC(=O)c2ccccc2F)cc1C(=O)O. The summed E-state index contributed by atoms with van der Waals surface area (Å²) >= 11 is 0. The van der Waals surface area contributed by atoms with Crippen LogP contribution in [0, 0.1) is 5.82 Å². The third-order valence-electron chi connectivity index (χ3n) is 4.20. The van der Waals surface area contributed by atoms with Gasteiger partial charge >= 0.3 is 5.97 Å². The van der Waals surface area contributed by atoms with Crippen molar-refractivity contribution in [1.82, 2.24) is 4.98 Å². The van der Waals surface area contributed by atoms with Gasteiger partial charge in [-0.2, -0.15) is 0 Å². The lowest BCUT2D eigenvalue weighted by Crippen LogP contribution is -2.39. The molecule has 1 saturated heterocycles. The lowest BCUT2D eigenvalue weighted by Gasteiger charge is -2.28. The second-order valence-electron chi connectivity index (χ2n) is 6.28. The zero-order valence-electron chi connectivity index (χ0n) is 15.2. The molecule has 1 aromatic carbocycles. The predicted molar refractivity (Wildman–Crippen MR) is 99.4 cm³/mol. The van der Waals surface area contributed by atoms with Crippen LogP contribution in [0.3, 0.4) is 0 Å². The van der Waals surface area contributed by atoms with Crippen LogP contribution in [0.25, 0.3) is 0 Å². The standard InChI is InChI=1S/C19H20FN3O5/c1-23(10-13-11-27-6-7-28-13)17-15(19(25)26)8-12(9-21-17)22-18(24)14-4-2-3-5-16(14)20/h2-5,8-9,13H,6-7,10-11H2,1H3,(H,22,24)(H,25,26)/t13-/m1/s1. The number of amides is 1. The van der Waals surface area contributed by atoms with E-state index >= 15 is 0 Å². The lowest BCUT2D eigenvalue weighted by atomic mass is 10.2. The number of benzene rings is 1. The van der Waals surface area contributed by atoms with E-state index in [9.17, 15) is 19.1 Å². The molecule has 1 fully saturated rings. The number of carboxylic acid groups (broad SMARTS) is 1. The summed E-state index contributed by atoms with van der Waals surface area (Å²) in [5.74, 6) is -2.33. The van der Waals surface area contributed by atoms with E-state index < -0.39 is 17.7 Å². The molecule has 9 heteroatoms. The van der Waals surface area contributed by atoms with E-state index in [-0.39, 0.29) is 28.7 Å². The lowest BCUT2D eigenvalue weighted by molar-refractivity contribution is -0.0837. The number of rotatable bonds is 6. The Morgan fingerprint density at radius 3 is 2.79 bits per heavy atom. The van der Waals surface area contributed by atoms with Crippen molar-refractivity contribution in [3.05, 3.63) is 53.5 Å². The quantitative estimate of drug-likeness (QED) is 0.779. The van der Waals surface area contributed by atoms with Crippen LogP contribution in [0.15, 0.2) is 36.5 Å². The third-order valence-corrected chi connectivity index (χ3v) is 4.20. The van der Waals surface area contributed by atoms with Crippen LogP contribution in [0.4, 0.5) is 15.9 Å². The summed E-state index contributed by atoms with van der Waals surface area (Å²) in [5.41, 5.74) is -0.0827. The number of likely N-dealkylation sites (N-methyl/N-ethyl adjacent to an activating group) is 1. The van der Waals surface area contributed by atoms with Crippen molar-refractivity contribution in [2.75, 3.05) is 43.6 Å². The second kappa shape index (κ2) is 8.77. The average Bonchev–Trinajstić information content (AvgIpc) is 2.69. The number of aromatic nitrogens is 1. The maximum Gasteiger partial charge on any atom is 0.339 e. The van der Waals surface area contributed by atoms with Gasteiger partial charge in [0.2, 0.25) is 0 Å². The number of pyridine rings is 1. The molecule has 2 N–H and O–H groups in total. The zero-order chi connectivity index (χ0) is 20.1. The normalized spacial score (nSPS) is 16.4. The highest BCUT2D eigenvalue weighted by atomic mass is 19.1. The van der Waals surface area contributed by atoms with Crippen molar-refractivity contribution in [2.24, 2.45) is 0 Å². The summed E-state index contributed by atoms with van der Waals surface area (Å²) in [4.78, 5) is 29.7. The first-order valence-corrected chi connectivity index (χ1v) is 8.65. The number of carbonyl (C=O) groups is 2. The molecule has 0 radical (unpaired) electrons. The number of nitrogens with zero attached hydrogens (tertiary/aromatic N) is 2. The number of hydrogen-bond donors (Lipinski definition) is 2. The van der Waals surface area contributed by atoms with Gasteiger partial charge < -0.3 is 24.8 Å². The van der Waals surface area contributed by atoms with E-state index in [1.807, 2.05) is 0 Å². The summed E-state index contributed by atoms with van der Waals surface area (Å²) in [5, 5.41) is 12.0. The molecule has 1 aliphatic rings. The van der Waals surface area contributed by atoms with Gasteiger partial charge in [0, 0.05) is 13.6 Å². The minimum Gasteiger partial charge on any atom is -0.478 e. The van der Waals surface area contributed by atoms with Gasteiger partial charge in [0.15, 0.2) is 0 Å². The second-order valence-corrected chi connectivity index (χ2v) is 6.28. The molecular formula is C19H20FN3O5. The van der Waals surface area contributed by atoms with Gasteiger partial charge in [0.1, 0.15) is 17.2 Å². The molecule has 28 heavy (non-hydrogen) atoms. The molecule has 8 nitrogen and oxygen atoms in total. The largest absolute Gasteiger partial charge is 0.478 e. The topological polar surface area (TPSA) is 101 Å². The molecule has 0 unspecified atom stereocenters. The van der Waals surface area contributed by atoms with Crippen molar-refractivity contribution in [3.63, 3.8) is 0 Å². The van der Waals surface area contributed by atoms with Crippen molar-refractivity contribution >= 4 is 23.4 Å². The number of aromatic carboxylic acids is 1. The highest BCUT2D eigenvalue weighted by molar-refractivity contribution is 6.05. The first-order valence-electron chi connectivity index (χ1n) is 8.65. The number of carbonyl (C=O) groups excluding carboxylic acids is 1. The molecular weight excluding hydrogens is 369 g/mol. The van der Waals surface area contributed by atoms with Crippen molar-refractivity contribution < 1.29 is 28.6 Å². The van der Waals surface area contributed by atoms with Crippen LogP contribution < -0.4 is 10.2 Å². The molecule has 148 valence electrons. The Morgan fingerprint density at radius 1 is 1.32 bits per heavy atom. The van der Waals surface area contributed by atoms with Gasteiger partial charge in [0.05, 0.1) is 43.4 Å². The molecule has 1 amide bonds. The highest BCUT2D eigenvalue weighted by Crippen LogP contribution is 2.22. The summed E-state index contributed by atoms with van der Waals surface area (Å²) in [6.07, 6.45) is 1.14. The molecule has 0 bridgehead atoms. The minimum absolute atomic E-state index is 0.0921. The molecule has 1 aliphatic heterocycles. The molecule has 1 aromatic heterocycles. The molecule has 0 saturated carbocycles. The number of halogens is 1.